The fraction of sp³-hybridized carbons (Fsp3) is 0.545. The second-order valence-corrected chi connectivity index (χ2v) is 4.65. The summed E-state index contributed by atoms with van der Waals surface area (Å²) in [7, 11) is 0. The van der Waals surface area contributed by atoms with E-state index in [0.29, 0.717) is 5.69 Å². The van der Waals surface area contributed by atoms with Crippen LogP contribution in [-0.4, -0.2) is 26.5 Å². The molecule has 1 aromatic rings. The highest BCUT2D eigenvalue weighted by molar-refractivity contribution is 5.72. The van der Waals surface area contributed by atoms with Crippen LogP contribution in [0.15, 0.2) is 12.3 Å². The van der Waals surface area contributed by atoms with Gasteiger partial charge < -0.3 is 14.9 Å². The fourth-order valence-electron chi connectivity index (χ4n) is 1.26. The summed E-state index contributed by atoms with van der Waals surface area (Å²) in [6.45, 7) is 6.75. The normalized spacial score (nSPS) is 13.6. The molecule has 0 radical (unpaired) electrons. The summed E-state index contributed by atoms with van der Waals surface area (Å²) in [6.07, 6.45) is -0.257. The highest BCUT2D eigenvalue weighted by Gasteiger charge is 2.21. The first-order valence-corrected chi connectivity index (χ1v) is 5.03. The quantitative estimate of drug-likeness (QED) is 0.770. The molecule has 5 heteroatoms. The van der Waals surface area contributed by atoms with Crippen LogP contribution in [0.3, 0.4) is 0 Å². The summed E-state index contributed by atoms with van der Waals surface area (Å²) < 4.78 is 6.23. The lowest BCUT2D eigenvalue weighted by atomic mass is 10.2. The van der Waals surface area contributed by atoms with Gasteiger partial charge in [-0.2, -0.15) is 0 Å². The third-order valence-corrected chi connectivity index (χ3v) is 1.85. The number of aromatic nitrogens is 1. The molecule has 0 aromatic carbocycles. The number of carbonyl (C=O) groups excluding carboxylic acids is 1. The number of nitrogens with zero attached hydrogens (tertiary/aromatic N) is 1. The Morgan fingerprint density at radius 3 is 2.50 bits per heavy atom. The molecule has 90 valence electrons. The number of aliphatic hydroxyl groups is 1. The summed E-state index contributed by atoms with van der Waals surface area (Å²) in [5.41, 5.74) is -0.320. The summed E-state index contributed by atoms with van der Waals surface area (Å²) in [5, 5.41) is 18.7. The molecule has 0 spiro atoms. The van der Waals surface area contributed by atoms with Crippen molar-refractivity contribution >= 4 is 6.09 Å². The van der Waals surface area contributed by atoms with Gasteiger partial charge in [0, 0.05) is 6.07 Å². The molecule has 0 aliphatic rings. The van der Waals surface area contributed by atoms with E-state index in [1.54, 1.807) is 20.8 Å². The van der Waals surface area contributed by atoms with Gasteiger partial charge in [0.1, 0.15) is 11.4 Å². The predicted octanol–water partition coefficient (Wildman–Crippen LogP) is 2.03. The molecule has 1 atom stereocenters. The van der Waals surface area contributed by atoms with Crippen molar-refractivity contribution in [2.45, 2.75) is 39.4 Å². The first-order valence-electron chi connectivity index (χ1n) is 5.03. The number of hydrogen-bond donors (Lipinski definition) is 2. The summed E-state index contributed by atoms with van der Waals surface area (Å²) in [4.78, 5) is 11.7. The Bertz CT molecular complexity index is 387. The van der Waals surface area contributed by atoms with Crippen molar-refractivity contribution in [1.29, 1.82) is 0 Å². The third-order valence-electron chi connectivity index (χ3n) is 1.85. The Morgan fingerprint density at radius 1 is 1.50 bits per heavy atom. The molecule has 0 saturated carbocycles. The van der Waals surface area contributed by atoms with E-state index in [1.165, 1.54) is 19.2 Å². The topological polar surface area (TPSA) is 71.7 Å². The van der Waals surface area contributed by atoms with Crippen molar-refractivity contribution in [2.24, 2.45) is 0 Å². The number of aromatic hydroxyl groups is 1. The van der Waals surface area contributed by atoms with E-state index in [4.69, 9.17) is 4.74 Å². The van der Waals surface area contributed by atoms with Crippen LogP contribution in [0, 0.1) is 0 Å². The second kappa shape index (κ2) is 4.17. The fourth-order valence-corrected chi connectivity index (χ4v) is 1.26. The van der Waals surface area contributed by atoms with Crippen LogP contribution in [0.1, 0.15) is 39.5 Å². The zero-order chi connectivity index (χ0) is 12.5. The standard InChI is InChI=1S/C11H17NO4/c1-7(13)9-5-8(14)6-12(9)10(15)16-11(2,3)4/h5-7,13-14H,1-4H3. The van der Waals surface area contributed by atoms with Gasteiger partial charge in [0.25, 0.3) is 0 Å². The van der Waals surface area contributed by atoms with E-state index in [2.05, 4.69) is 0 Å². The van der Waals surface area contributed by atoms with E-state index in [0.717, 1.165) is 4.57 Å². The number of carbonyl (C=O) groups is 1. The SMILES string of the molecule is CC(O)c1cc(O)cn1C(=O)OC(C)(C)C. The molecule has 2 N–H and O–H groups in total. The molecule has 0 saturated heterocycles. The molecule has 1 aromatic heterocycles. The molecule has 0 aliphatic heterocycles. The molecule has 5 nitrogen and oxygen atoms in total. The van der Waals surface area contributed by atoms with E-state index < -0.39 is 17.8 Å². The number of rotatable bonds is 1. The monoisotopic (exact) mass is 227 g/mol. The summed E-state index contributed by atoms with van der Waals surface area (Å²) in [6, 6.07) is 1.33. The van der Waals surface area contributed by atoms with Crippen LogP contribution in [0.2, 0.25) is 0 Å². The Balaban J connectivity index is 2.99. The number of hydrogen-bond acceptors (Lipinski definition) is 4. The van der Waals surface area contributed by atoms with Crippen LogP contribution in [0.25, 0.3) is 0 Å². The minimum atomic E-state index is -0.853. The largest absolute Gasteiger partial charge is 0.506 e. The van der Waals surface area contributed by atoms with Crippen LogP contribution in [0.4, 0.5) is 4.79 Å². The maximum absolute atomic E-state index is 11.7. The summed E-state index contributed by atoms with van der Waals surface area (Å²) in [5.74, 6) is -0.0817. The molecular weight excluding hydrogens is 210 g/mol. The van der Waals surface area contributed by atoms with Gasteiger partial charge in [-0.15, -0.1) is 0 Å². The van der Waals surface area contributed by atoms with Crippen LogP contribution < -0.4 is 0 Å². The molecule has 0 amide bonds. The predicted molar refractivity (Wildman–Crippen MR) is 58.4 cm³/mol. The molecule has 0 bridgehead atoms. The second-order valence-electron chi connectivity index (χ2n) is 4.65. The number of ether oxygens (including phenoxy) is 1. The third kappa shape index (κ3) is 3.00. The first-order chi connectivity index (χ1) is 7.20. The molecule has 1 heterocycles. The highest BCUT2D eigenvalue weighted by Crippen LogP contribution is 2.22. The van der Waals surface area contributed by atoms with E-state index in [9.17, 15) is 15.0 Å². The van der Waals surface area contributed by atoms with Gasteiger partial charge in [-0.05, 0) is 27.7 Å². The van der Waals surface area contributed by atoms with Crippen LogP contribution in [0.5, 0.6) is 5.75 Å². The van der Waals surface area contributed by atoms with Crippen LogP contribution >= 0.6 is 0 Å². The molecule has 0 aliphatic carbocycles. The van der Waals surface area contributed by atoms with Crippen molar-refractivity contribution < 1.29 is 19.7 Å². The van der Waals surface area contributed by atoms with Gasteiger partial charge in [0.2, 0.25) is 0 Å². The van der Waals surface area contributed by atoms with Crippen LogP contribution in [-0.2, 0) is 4.74 Å². The number of aliphatic hydroxyl groups excluding tert-OH is 1. The first kappa shape index (κ1) is 12.6. The Kier molecular flexibility index (Phi) is 3.28. The van der Waals surface area contributed by atoms with E-state index in [-0.39, 0.29) is 5.75 Å². The lowest BCUT2D eigenvalue weighted by Crippen LogP contribution is -2.28. The van der Waals surface area contributed by atoms with Gasteiger partial charge in [-0.1, -0.05) is 0 Å². The lowest BCUT2D eigenvalue weighted by Gasteiger charge is -2.20. The molecule has 1 rings (SSSR count). The van der Waals surface area contributed by atoms with Gasteiger partial charge >= 0.3 is 6.09 Å². The molecule has 0 fully saturated rings. The Hall–Kier alpha value is -1.49. The average Bonchev–Trinajstić information content (AvgIpc) is 2.44. The Morgan fingerprint density at radius 2 is 2.06 bits per heavy atom. The van der Waals surface area contributed by atoms with Crippen molar-refractivity contribution in [3.8, 4) is 5.75 Å². The van der Waals surface area contributed by atoms with E-state index >= 15 is 0 Å². The van der Waals surface area contributed by atoms with Gasteiger partial charge in [-0.3, -0.25) is 4.57 Å². The Labute approximate surface area is 94.3 Å². The molecular formula is C11H17NO4. The van der Waals surface area contributed by atoms with Gasteiger partial charge in [0.15, 0.2) is 0 Å². The minimum absolute atomic E-state index is 0.0817. The maximum Gasteiger partial charge on any atom is 0.418 e. The van der Waals surface area contributed by atoms with Crippen molar-refractivity contribution in [3.63, 3.8) is 0 Å². The maximum atomic E-state index is 11.7. The highest BCUT2D eigenvalue weighted by atomic mass is 16.6. The zero-order valence-corrected chi connectivity index (χ0v) is 9.89. The van der Waals surface area contributed by atoms with E-state index in [1.807, 2.05) is 0 Å². The molecule has 1 unspecified atom stereocenters. The average molecular weight is 227 g/mol. The molecule has 16 heavy (non-hydrogen) atoms. The zero-order valence-electron chi connectivity index (χ0n) is 9.89. The summed E-state index contributed by atoms with van der Waals surface area (Å²) >= 11 is 0. The van der Waals surface area contributed by atoms with Gasteiger partial charge in [-0.25, -0.2) is 4.79 Å². The minimum Gasteiger partial charge on any atom is -0.506 e. The van der Waals surface area contributed by atoms with Crippen molar-refractivity contribution in [1.82, 2.24) is 4.57 Å². The van der Waals surface area contributed by atoms with Crippen molar-refractivity contribution in [3.05, 3.63) is 18.0 Å². The smallest absolute Gasteiger partial charge is 0.418 e. The van der Waals surface area contributed by atoms with Gasteiger partial charge in [0.05, 0.1) is 18.0 Å². The lowest BCUT2D eigenvalue weighted by molar-refractivity contribution is 0.0516. The van der Waals surface area contributed by atoms with Crippen molar-refractivity contribution in [2.75, 3.05) is 0 Å².